The van der Waals surface area contributed by atoms with Crippen molar-refractivity contribution in [2.45, 2.75) is 18.9 Å². The van der Waals surface area contributed by atoms with Crippen molar-refractivity contribution in [1.29, 1.82) is 0 Å². The van der Waals surface area contributed by atoms with Crippen LogP contribution in [0, 0.1) is 0 Å². The topological polar surface area (TPSA) is 95.1 Å². The fourth-order valence-corrected chi connectivity index (χ4v) is 6.35. The summed E-state index contributed by atoms with van der Waals surface area (Å²) < 4.78 is 24.1. The van der Waals surface area contributed by atoms with Crippen molar-refractivity contribution in [3.63, 3.8) is 0 Å². The second-order valence-electron chi connectivity index (χ2n) is 7.68. The lowest BCUT2D eigenvalue weighted by Gasteiger charge is -2.37. The lowest BCUT2D eigenvalue weighted by atomic mass is 10.1. The Morgan fingerprint density at radius 1 is 1.07 bits per heavy atom. The number of imide groups is 1. The first kappa shape index (κ1) is 20.5. The number of amides is 3. The smallest absolute Gasteiger partial charge is 0.261 e. The first-order valence-electron chi connectivity index (χ1n) is 9.63. The van der Waals surface area contributed by atoms with E-state index in [2.05, 4.69) is 20.8 Å². The van der Waals surface area contributed by atoms with Crippen LogP contribution in [0.1, 0.15) is 33.6 Å². The highest BCUT2D eigenvalue weighted by molar-refractivity contribution is 9.10. The van der Waals surface area contributed by atoms with Gasteiger partial charge in [0.05, 0.1) is 22.6 Å². The number of piperazine rings is 1. The molecule has 0 N–H and O–H groups in total. The molecule has 3 heterocycles. The van der Waals surface area contributed by atoms with E-state index in [9.17, 15) is 22.8 Å². The van der Waals surface area contributed by atoms with E-state index in [-0.39, 0.29) is 48.2 Å². The standard InChI is InChI=1S/C19H22BrN3O5S/c20-13-1-2-15-16(11-13)19(26)23(18(15)25)5-3-17(24)22-8-6-21(7-9-22)14-4-10-29(27,28)12-14/h1-2,11,14H,3-10,12H2. The summed E-state index contributed by atoms with van der Waals surface area (Å²) >= 11 is 3.30. The minimum Gasteiger partial charge on any atom is -0.340 e. The average Bonchev–Trinajstić information content (AvgIpc) is 3.17. The second kappa shape index (κ2) is 7.81. The Morgan fingerprint density at radius 3 is 2.41 bits per heavy atom. The molecule has 0 spiro atoms. The summed E-state index contributed by atoms with van der Waals surface area (Å²) in [5.74, 6) is -0.379. The molecule has 1 aromatic carbocycles. The molecule has 29 heavy (non-hydrogen) atoms. The molecular formula is C19H22BrN3O5S. The molecule has 0 aliphatic carbocycles. The number of benzene rings is 1. The zero-order valence-corrected chi connectivity index (χ0v) is 18.2. The summed E-state index contributed by atoms with van der Waals surface area (Å²) in [4.78, 5) is 42.5. The second-order valence-corrected chi connectivity index (χ2v) is 10.8. The van der Waals surface area contributed by atoms with Crippen LogP contribution in [0.15, 0.2) is 22.7 Å². The van der Waals surface area contributed by atoms with E-state index < -0.39 is 9.84 Å². The Balaban J connectivity index is 1.29. The van der Waals surface area contributed by atoms with Gasteiger partial charge in [-0.1, -0.05) is 15.9 Å². The van der Waals surface area contributed by atoms with Crippen molar-refractivity contribution in [3.8, 4) is 0 Å². The minimum atomic E-state index is -2.92. The minimum absolute atomic E-state index is 0.0509. The normalized spacial score (nSPS) is 24.2. The van der Waals surface area contributed by atoms with E-state index in [1.54, 1.807) is 23.1 Å². The van der Waals surface area contributed by atoms with Crippen LogP contribution in [0.25, 0.3) is 0 Å². The van der Waals surface area contributed by atoms with Crippen LogP contribution in [0.5, 0.6) is 0 Å². The maximum atomic E-state index is 12.6. The molecule has 0 radical (unpaired) electrons. The van der Waals surface area contributed by atoms with Gasteiger partial charge in [0.15, 0.2) is 9.84 Å². The summed E-state index contributed by atoms with van der Waals surface area (Å²) in [6.45, 7) is 2.42. The van der Waals surface area contributed by atoms with Crippen LogP contribution in [0.3, 0.4) is 0 Å². The third kappa shape index (κ3) is 4.10. The molecule has 1 unspecified atom stereocenters. The Hall–Kier alpha value is -1.78. The van der Waals surface area contributed by atoms with Gasteiger partial charge in [-0.15, -0.1) is 0 Å². The van der Waals surface area contributed by atoms with Crippen molar-refractivity contribution < 1.29 is 22.8 Å². The van der Waals surface area contributed by atoms with Crippen molar-refractivity contribution in [1.82, 2.24) is 14.7 Å². The molecule has 0 bridgehead atoms. The number of carbonyl (C=O) groups excluding carboxylic acids is 3. The average molecular weight is 484 g/mol. The van der Waals surface area contributed by atoms with E-state index in [1.807, 2.05) is 0 Å². The molecule has 10 heteroatoms. The van der Waals surface area contributed by atoms with Crippen LogP contribution >= 0.6 is 15.9 Å². The van der Waals surface area contributed by atoms with Crippen molar-refractivity contribution in [2.24, 2.45) is 0 Å². The first-order valence-corrected chi connectivity index (χ1v) is 12.2. The number of fused-ring (bicyclic) bond motifs is 1. The highest BCUT2D eigenvalue weighted by Gasteiger charge is 2.37. The molecular weight excluding hydrogens is 462 g/mol. The van der Waals surface area contributed by atoms with Gasteiger partial charge < -0.3 is 4.90 Å². The van der Waals surface area contributed by atoms with Gasteiger partial charge in [0.25, 0.3) is 11.8 Å². The molecule has 1 atom stereocenters. The predicted octanol–water partition coefficient (Wildman–Crippen LogP) is 0.767. The maximum absolute atomic E-state index is 12.6. The number of sulfone groups is 1. The fourth-order valence-electron chi connectivity index (χ4n) is 4.23. The van der Waals surface area contributed by atoms with Gasteiger partial charge in [0.2, 0.25) is 5.91 Å². The monoisotopic (exact) mass is 483 g/mol. The van der Waals surface area contributed by atoms with Gasteiger partial charge in [-0.3, -0.25) is 24.2 Å². The number of halogens is 1. The lowest BCUT2D eigenvalue weighted by Crippen LogP contribution is -2.52. The van der Waals surface area contributed by atoms with Crippen LogP contribution in [0.2, 0.25) is 0 Å². The Morgan fingerprint density at radius 2 is 1.76 bits per heavy atom. The zero-order valence-electron chi connectivity index (χ0n) is 15.8. The van der Waals surface area contributed by atoms with E-state index in [1.165, 1.54) is 0 Å². The summed E-state index contributed by atoms with van der Waals surface area (Å²) in [5, 5.41) is 0. The van der Waals surface area contributed by atoms with Crippen molar-refractivity contribution >= 4 is 43.5 Å². The lowest BCUT2D eigenvalue weighted by molar-refractivity contribution is -0.133. The third-order valence-electron chi connectivity index (χ3n) is 5.87. The Bertz CT molecular complexity index is 972. The fraction of sp³-hybridized carbons (Fsp3) is 0.526. The number of hydrogen-bond acceptors (Lipinski definition) is 6. The third-order valence-corrected chi connectivity index (χ3v) is 8.12. The van der Waals surface area contributed by atoms with Gasteiger partial charge >= 0.3 is 0 Å². The molecule has 0 aromatic heterocycles. The Labute approximate surface area is 177 Å². The maximum Gasteiger partial charge on any atom is 0.261 e. The first-order chi connectivity index (χ1) is 13.7. The number of hydrogen-bond donors (Lipinski definition) is 0. The van der Waals surface area contributed by atoms with E-state index in [0.717, 1.165) is 9.37 Å². The number of carbonyl (C=O) groups is 3. The van der Waals surface area contributed by atoms with Gasteiger partial charge in [0.1, 0.15) is 0 Å². The van der Waals surface area contributed by atoms with Crippen LogP contribution in [0.4, 0.5) is 0 Å². The summed E-state index contributed by atoms with van der Waals surface area (Å²) in [7, 11) is -2.92. The highest BCUT2D eigenvalue weighted by Crippen LogP contribution is 2.26. The molecule has 8 nitrogen and oxygen atoms in total. The largest absolute Gasteiger partial charge is 0.340 e. The van der Waals surface area contributed by atoms with Crippen molar-refractivity contribution in [2.75, 3.05) is 44.2 Å². The Kier molecular flexibility index (Phi) is 5.52. The van der Waals surface area contributed by atoms with Gasteiger partial charge in [0, 0.05) is 49.7 Å². The summed E-state index contributed by atoms with van der Waals surface area (Å²) in [5.41, 5.74) is 0.725. The predicted molar refractivity (Wildman–Crippen MR) is 109 cm³/mol. The summed E-state index contributed by atoms with van der Waals surface area (Å²) in [6, 6.07) is 5.01. The number of nitrogens with zero attached hydrogens (tertiary/aromatic N) is 3. The highest BCUT2D eigenvalue weighted by atomic mass is 79.9. The SMILES string of the molecule is O=C(CCN1C(=O)c2ccc(Br)cc2C1=O)N1CCN(C2CCS(=O)(=O)C2)CC1. The molecule has 2 saturated heterocycles. The molecule has 0 saturated carbocycles. The van der Waals surface area contributed by atoms with Gasteiger partial charge in [-0.2, -0.15) is 0 Å². The zero-order chi connectivity index (χ0) is 20.8. The quantitative estimate of drug-likeness (QED) is 0.586. The van der Waals surface area contributed by atoms with Crippen LogP contribution < -0.4 is 0 Å². The van der Waals surface area contributed by atoms with Crippen LogP contribution in [-0.4, -0.2) is 91.1 Å². The van der Waals surface area contributed by atoms with E-state index in [4.69, 9.17) is 0 Å². The number of rotatable bonds is 4. The molecule has 3 aliphatic rings. The van der Waals surface area contributed by atoms with Gasteiger partial charge in [-0.25, -0.2) is 8.42 Å². The molecule has 3 aliphatic heterocycles. The molecule has 4 rings (SSSR count). The van der Waals surface area contributed by atoms with Crippen molar-refractivity contribution in [3.05, 3.63) is 33.8 Å². The van der Waals surface area contributed by atoms with E-state index in [0.29, 0.717) is 43.7 Å². The van der Waals surface area contributed by atoms with Gasteiger partial charge in [-0.05, 0) is 24.6 Å². The molecule has 2 fully saturated rings. The summed E-state index contributed by atoms with van der Waals surface area (Å²) in [6.07, 6.45) is 0.747. The van der Waals surface area contributed by atoms with E-state index >= 15 is 0 Å². The van der Waals surface area contributed by atoms with Crippen LogP contribution in [-0.2, 0) is 14.6 Å². The molecule has 156 valence electrons. The molecule has 1 aromatic rings. The molecule has 3 amide bonds.